The molecule has 0 radical (unpaired) electrons. The minimum Gasteiger partial charge on any atom is -0.329 e. The fourth-order valence-electron chi connectivity index (χ4n) is 1.61. The molecule has 2 N–H and O–H groups in total. The van der Waals surface area contributed by atoms with Gasteiger partial charge in [0.15, 0.2) is 0 Å². The smallest absolute Gasteiger partial charge is 0.260 e. The Bertz CT molecular complexity index is 180. The van der Waals surface area contributed by atoms with Gasteiger partial charge in [-0.3, -0.25) is 4.90 Å². The van der Waals surface area contributed by atoms with Gasteiger partial charge in [0.05, 0.1) is 6.54 Å². The maximum absolute atomic E-state index is 13.0. The highest BCUT2D eigenvalue weighted by atomic mass is 19.3. The van der Waals surface area contributed by atoms with E-state index >= 15 is 0 Å². The lowest BCUT2D eigenvalue weighted by Crippen LogP contribution is -2.56. The molecule has 2 nitrogen and oxygen atoms in total. The van der Waals surface area contributed by atoms with E-state index in [0.29, 0.717) is 13.0 Å². The highest BCUT2D eigenvalue weighted by Crippen LogP contribution is 2.30. The van der Waals surface area contributed by atoms with Crippen molar-refractivity contribution in [3.05, 3.63) is 0 Å². The molecule has 0 amide bonds. The molecule has 78 valence electrons. The summed E-state index contributed by atoms with van der Waals surface area (Å²) in [5.41, 5.74) is 5.24. The Balaban J connectivity index is 2.61. The first-order valence-electron chi connectivity index (χ1n) is 4.70. The molecule has 0 bridgehead atoms. The lowest BCUT2D eigenvalue weighted by molar-refractivity contribution is -0.0876. The molecule has 1 rings (SSSR count). The van der Waals surface area contributed by atoms with Crippen LogP contribution in [0.4, 0.5) is 8.78 Å². The molecule has 0 aromatic rings. The van der Waals surface area contributed by atoms with Crippen molar-refractivity contribution in [3.63, 3.8) is 0 Å². The second kappa shape index (κ2) is 3.50. The summed E-state index contributed by atoms with van der Waals surface area (Å²) in [6, 6.07) is 0. The van der Waals surface area contributed by atoms with Crippen LogP contribution in [0.5, 0.6) is 0 Å². The molecule has 1 fully saturated rings. The van der Waals surface area contributed by atoms with Gasteiger partial charge in [-0.15, -0.1) is 0 Å². The zero-order chi connectivity index (χ0) is 10.1. The minimum absolute atomic E-state index is 0.0180. The lowest BCUT2D eigenvalue weighted by Gasteiger charge is -2.42. The highest BCUT2D eigenvalue weighted by molar-refractivity contribution is 4.89. The second-order valence-electron chi connectivity index (χ2n) is 4.40. The first-order chi connectivity index (χ1) is 5.87. The number of nitrogens with two attached hydrogens (primary N) is 1. The van der Waals surface area contributed by atoms with Gasteiger partial charge in [0.25, 0.3) is 5.92 Å². The Morgan fingerprint density at radius 3 is 2.54 bits per heavy atom. The van der Waals surface area contributed by atoms with Gasteiger partial charge in [0.1, 0.15) is 0 Å². The van der Waals surface area contributed by atoms with Gasteiger partial charge < -0.3 is 5.73 Å². The van der Waals surface area contributed by atoms with Crippen molar-refractivity contribution < 1.29 is 8.78 Å². The molecule has 0 spiro atoms. The van der Waals surface area contributed by atoms with Crippen LogP contribution < -0.4 is 5.73 Å². The van der Waals surface area contributed by atoms with E-state index in [4.69, 9.17) is 5.73 Å². The maximum Gasteiger partial charge on any atom is 0.260 e. The normalized spacial score (nSPS) is 24.7. The van der Waals surface area contributed by atoms with E-state index in [1.54, 1.807) is 4.90 Å². The first-order valence-corrected chi connectivity index (χ1v) is 4.70. The summed E-state index contributed by atoms with van der Waals surface area (Å²) in [6.45, 7) is 4.84. The SMILES string of the molecule is CC(C)(CN)N1CCCC(F)(F)C1. The third kappa shape index (κ3) is 2.61. The largest absolute Gasteiger partial charge is 0.329 e. The molecular weight excluding hydrogens is 174 g/mol. The summed E-state index contributed by atoms with van der Waals surface area (Å²) in [4.78, 5) is 1.79. The van der Waals surface area contributed by atoms with E-state index in [2.05, 4.69) is 0 Å². The van der Waals surface area contributed by atoms with Crippen LogP contribution in [0.25, 0.3) is 0 Å². The number of alkyl halides is 2. The molecule has 0 aromatic carbocycles. The Morgan fingerprint density at radius 1 is 1.46 bits per heavy atom. The Hall–Kier alpha value is -0.220. The van der Waals surface area contributed by atoms with E-state index in [1.807, 2.05) is 13.8 Å². The fourth-order valence-corrected chi connectivity index (χ4v) is 1.61. The van der Waals surface area contributed by atoms with Crippen molar-refractivity contribution in [1.82, 2.24) is 4.90 Å². The standard InChI is InChI=1S/C9H18F2N2/c1-8(2,6-12)13-5-3-4-9(10,11)7-13/h3-7,12H2,1-2H3. The van der Waals surface area contributed by atoms with Gasteiger partial charge in [0, 0.05) is 18.5 Å². The Morgan fingerprint density at radius 2 is 2.08 bits per heavy atom. The summed E-state index contributed by atoms with van der Waals surface area (Å²) >= 11 is 0. The molecular formula is C9H18F2N2. The molecule has 0 unspecified atom stereocenters. The number of halogens is 2. The summed E-state index contributed by atoms with van der Waals surface area (Å²) in [6.07, 6.45) is 0.584. The average molecular weight is 192 g/mol. The third-order valence-corrected chi connectivity index (χ3v) is 2.75. The Labute approximate surface area is 78.1 Å². The molecule has 0 saturated carbocycles. The summed E-state index contributed by atoms with van der Waals surface area (Å²) in [5.74, 6) is -2.52. The first kappa shape index (κ1) is 10.9. The zero-order valence-electron chi connectivity index (χ0n) is 8.32. The molecule has 0 aliphatic carbocycles. The predicted octanol–water partition coefficient (Wildman–Crippen LogP) is 1.45. The molecule has 0 atom stereocenters. The number of piperidine rings is 1. The van der Waals surface area contributed by atoms with Crippen molar-refractivity contribution in [2.45, 2.75) is 38.2 Å². The van der Waals surface area contributed by atoms with Gasteiger partial charge >= 0.3 is 0 Å². The van der Waals surface area contributed by atoms with E-state index in [0.717, 1.165) is 6.54 Å². The van der Waals surface area contributed by atoms with Gasteiger partial charge in [-0.2, -0.15) is 0 Å². The summed E-state index contributed by atoms with van der Waals surface area (Å²) in [7, 11) is 0. The minimum atomic E-state index is -2.52. The summed E-state index contributed by atoms with van der Waals surface area (Å²) < 4.78 is 26.1. The van der Waals surface area contributed by atoms with Gasteiger partial charge in [-0.05, 0) is 26.8 Å². The topological polar surface area (TPSA) is 29.3 Å². The van der Waals surface area contributed by atoms with E-state index < -0.39 is 5.92 Å². The van der Waals surface area contributed by atoms with Crippen LogP contribution in [0.2, 0.25) is 0 Å². The lowest BCUT2D eigenvalue weighted by atomic mass is 9.97. The molecule has 1 heterocycles. The zero-order valence-corrected chi connectivity index (χ0v) is 8.32. The van der Waals surface area contributed by atoms with Crippen LogP contribution in [-0.4, -0.2) is 36.0 Å². The van der Waals surface area contributed by atoms with Crippen LogP contribution in [-0.2, 0) is 0 Å². The van der Waals surface area contributed by atoms with Crippen LogP contribution >= 0.6 is 0 Å². The quantitative estimate of drug-likeness (QED) is 0.717. The van der Waals surface area contributed by atoms with Crippen LogP contribution in [0.3, 0.4) is 0 Å². The van der Waals surface area contributed by atoms with Crippen LogP contribution in [0.15, 0.2) is 0 Å². The van der Waals surface area contributed by atoms with Gasteiger partial charge in [-0.25, -0.2) is 8.78 Å². The van der Waals surface area contributed by atoms with Crippen LogP contribution in [0.1, 0.15) is 26.7 Å². The van der Waals surface area contributed by atoms with Crippen molar-refractivity contribution in [3.8, 4) is 0 Å². The average Bonchev–Trinajstić information content (AvgIpc) is 2.03. The molecule has 1 aliphatic rings. The van der Waals surface area contributed by atoms with Crippen molar-refractivity contribution in [2.75, 3.05) is 19.6 Å². The fraction of sp³-hybridized carbons (Fsp3) is 1.00. The van der Waals surface area contributed by atoms with Crippen molar-refractivity contribution in [2.24, 2.45) is 5.73 Å². The molecule has 4 heteroatoms. The van der Waals surface area contributed by atoms with E-state index in [1.165, 1.54) is 0 Å². The Kier molecular flexibility index (Phi) is 2.92. The summed E-state index contributed by atoms with van der Waals surface area (Å²) in [5, 5.41) is 0. The van der Waals surface area contributed by atoms with Gasteiger partial charge in [0.2, 0.25) is 0 Å². The molecule has 0 aromatic heterocycles. The molecule has 1 aliphatic heterocycles. The van der Waals surface area contributed by atoms with Crippen molar-refractivity contribution in [1.29, 1.82) is 0 Å². The molecule has 1 saturated heterocycles. The maximum atomic E-state index is 13.0. The van der Waals surface area contributed by atoms with Crippen LogP contribution in [0, 0.1) is 0 Å². The monoisotopic (exact) mass is 192 g/mol. The van der Waals surface area contributed by atoms with Crippen molar-refractivity contribution >= 4 is 0 Å². The third-order valence-electron chi connectivity index (χ3n) is 2.75. The van der Waals surface area contributed by atoms with E-state index in [-0.39, 0.29) is 18.5 Å². The predicted molar refractivity (Wildman–Crippen MR) is 48.9 cm³/mol. The number of hydrogen-bond donors (Lipinski definition) is 1. The van der Waals surface area contributed by atoms with Gasteiger partial charge in [-0.1, -0.05) is 0 Å². The highest BCUT2D eigenvalue weighted by Gasteiger charge is 2.39. The number of likely N-dealkylation sites (tertiary alicyclic amines) is 1. The second-order valence-corrected chi connectivity index (χ2v) is 4.40. The number of hydrogen-bond acceptors (Lipinski definition) is 2. The molecule has 13 heavy (non-hydrogen) atoms. The number of rotatable bonds is 2. The van der Waals surface area contributed by atoms with E-state index in [9.17, 15) is 8.78 Å². The number of nitrogens with zero attached hydrogens (tertiary/aromatic N) is 1.